The van der Waals surface area contributed by atoms with Crippen molar-refractivity contribution >= 4 is 5.82 Å². The second-order valence-corrected chi connectivity index (χ2v) is 7.07. The molecule has 2 atom stereocenters. The first-order valence-electron chi connectivity index (χ1n) is 8.41. The molecule has 120 valence electrons. The standard InChI is InChI=1S/C18H28N4/c1-14(2)7-9-22-11-15-5-6-17(22)13-21(10-15)12-16-4-3-8-20-18(16)19/h3-4,7-8,15,17H,5-6,9-13H2,1-2H3,(H2,19,20)/t15-,17+/m1/s1. The van der Waals surface area contributed by atoms with Gasteiger partial charge >= 0.3 is 0 Å². The second kappa shape index (κ2) is 6.80. The minimum absolute atomic E-state index is 0.681. The third-order valence-electron chi connectivity index (χ3n) is 4.96. The number of piperidine rings is 1. The Kier molecular flexibility index (Phi) is 4.79. The van der Waals surface area contributed by atoms with Crippen LogP contribution < -0.4 is 5.73 Å². The van der Waals surface area contributed by atoms with Crippen molar-refractivity contribution in [2.24, 2.45) is 5.92 Å². The molecule has 3 aliphatic rings. The Morgan fingerprint density at radius 2 is 2.18 bits per heavy atom. The zero-order valence-corrected chi connectivity index (χ0v) is 13.8. The first kappa shape index (κ1) is 15.5. The minimum atomic E-state index is 0.681. The summed E-state index contributed by atoms with van der Waals surface area (Å²) in [5.41, 5.74) is 8.60. The van der Waals surface area contributed by atoms with Crippen LogP contribution in [0.4, 0.5) is 5.82 Å². The third kappa shape index (κ3) is 3.68. The summed E-state index contributed by atoms with van der Waals surface area (Å²) in [5, 5.41) is 0. The molecule has 0 unspecified atom stereocenters. The maximum Gasteiger partial charge on any atom is 0.127 e. The molecule has 4 rings (SSSR count). The lowest BCUT2D eigenvalue weighted by atomic mass is 9.95. The van der Waals surface area contributed by atoms with Gasteiger partial charge in [-0.05, 0) is 38.7 Å². The number of pyridine rings is 1. The van der Waals surface area contributed by atoms with Crippen LogP contribution in [0.1, 0.15) is 32.3 Å². The monoisotopic (exact) mass is 300 g/mol. The number of rotatable bonds is 4. The van der Waals surface area contributed by atoms with Crippen LogP contribution in [-0.4, -0.2) is 47.0 Å². The van der Waals surface area contributed by atoms with Gasteiger partial charge in [-0.3, -0.25) is 9.80 Å². The first-order valence-corrected chi connectivity index (χ1v) is 8.41. The summed E-state index contributed by atoms with van der Waals surface area (Å²) in [6, 6.07) is 4.78. The lowest BCUT2D eigenvalue weighted by Crippen LogP contribution is -2.43. The molecule has 0 aromatic carbocycles. The molecule has 4 heterocycles. The largest absolute Gasteiger partial charge is 0.383 e. The van der Waals surface area contributed by atoms with Crippen LogP contribution in [0.25, 0.3) is 0 Å². The highest BCUT2D eigenvalue weighted by Crippen LogP contribution is 2.29. The number of fused-ring (bicyclic) bond motifs is 4. The van der Waals surface area contributed by atoms with Crippen LogP contribution >= 0.6 is 0 Å². The van der Waals surface area contributed by atoms with Crippen LogP contribution in [-0.2, 0) is 6.54 Å². The minimum Gasteiger partial charge on any atom is -0.383 e. The third-order valence-corrected chi connectivity index (χ3v) is 4.96. The molecular weight excluding hydrogens is 272 g/mol. The van der Waals surface area contributed by atoms with Gasteiger partial charge in [0.1, 0.15) is 5.82 Å². The van der Waals surface area contributed by atoms with Gasteiger partial charge in [0.05, 0.1) is 0 Å². The molecule has 1 aromatic rings. The molecular formula is C18H28N4. The lowest BCUT2D eigenvalue weighted by molar-refractivity contribution is 0.146. The van der Waals surface area contributed by atoms with Gasteiger partial charge in [0.2, 0.25) is 0 Å². The second-order valence-electron chi connectivity index (χ2n) is 7.07. The van der Waals surface area contributed by atoms with Crippen LogP contribution in [0.2, 0.25) is 0 Å². The number of nitrogens with zero attached hydrogens (tertiary/aromatic N) is 3. The Morgan fingerprint density at radius 1 is 1.32 bits per heavy atom. The molecule has 22 heavy (non-hydrogen) atoms. The summed E-state index contributed by atoms with van der Waals surface area (Å²) in [7, 11) is 0. The van der Waals surface area contributed by atoms with Gasteiger partial charge in [-0.15, -0.1) is 0 Å². The van der Waals surface area contributed by atoms with E-state index in [2.05, 4.69) is 40.8 Å². The summed E-state index contributed by atoms with van der Waals surface area (Å²) in [4.78, 5) is 9.47. The summed E-state index contributed by atoms with van der Waals surface area (Å²) >= 11 is 0. The molecule has 4 heteroatoms. The van der Waals surface area contributed by atoms with Crippen LogP contribution in [0.15, 0.2) is 30.0 Å². The molecule has 2 N–H and O–H groups in total. The summed E-state index contributed by atoms with van der Waals surface area (Å²) in [5.74, 6) is 1.47. The van der Waals surface area contributed by atoms with Crippen molar-refractivity contribution in [2.75, 3.05) is 31.9 Å². The van der Waals surface area contributed by atoms with Crippen molar-refractivity contribution in [1.29, 1.82) is 0 Å². The topological polar surface area (TPSA) is 45.4 Å². The maximum atomic E-state index is 6.01. The van der Waals surface area contributed by atoms with Crippen LogP contribution in [0.3, 0.4) is 0 Å². The highest BCUT2D eigenvalue weighted by molar-refractivity contribution is 5.38. The van der Waals surface area contributed by atoms with Crippen molar-refractivity contribution in [1.82, 2.24) is 14.8 Å². The molecule has 3 saturated heterocycles. The van der Waals surface area contributed by atoms with E-state index in [0.29, 0.717) is 11.9 Å². The van der Waals surface area contributed by atoms with Crippen LogP contribution in [0, 0.1) is 5.92 Å². The Hall–Kier alpha value is -1.39. The predicted molar refractivity (Wildman–Crippen MR) is 91.4 cm³/mol. The molecule has 0 radical (unpaired) electrons. The Morgan fingerprint density at radius 3 is 2.95 bits per heavy atom. The fourth-order valence-corrected chi connectivity index (χ4v) is 3.75. The van der Waals surface area contributed by atoms with Crippen molar-refractivity contribution in [3.05, 3.63) is 35.5 Å². The Labute approximate surface area is 134 Å². The molecule has 4 nitrogen and oxygen atoms in total. The molecule has 0 spiro atoms. The highest BCUT2D eigenvalue weighted by Gasteiger charge is 2.34. The van der Waals surface area contributed by atoms with E-state index in [1.807, 2.05) is 6.07 Å². The van der Waals surface area contributed by atoms with Gasteiger partial charge in [-0.25, -0.2) is 4.98 Å². The van der Waals surface area contributed by atoms with Gasteiger partial charge in [0.15, 0.2) is 0 Å². The predicted octanol–water partition coefficient (Wildman–Crippen LogP) is 2.53. The normalized spacial score (nSPS) is 25.9. The number of nitrogens with two attached hydrogens (primary N) is 1. The molecule has 0 saturated carbocycles. The van der Waals surface area contributed by atoms with E-state index in [9.17, 15) is 0 Å². The van der Waals surface area contributed by atoms with E-state index in [4.69, 9.17) is 5.73 Å². The number of aromatic nitrogens is 1. The number of hydrogen-bond acceptors (Lipinski definition) is 4. The van der Waals surface area contributed by atoms with E-state index in [1.165, 1.54) is 37.1 Å². The molecule has 1 aromatic heterocycles. The summed E-state index contributed by atoms with van der Waals surface area (Å²) < 4.78 is 0. The molecule has 3 fully saturated rings. The van der Waals surface area contributed by atoms with E-state index in [0.717, 1.165) is 25.6 Å². The Bertz CT molecular complexity index is 536. The van der Waals surface area contributed by atoms with Gasteiger partial charge < -0.3 is 5.73 Å². The smallest absolute Gasteiger partial charge is 0.127 e. The number of allylic oxidation sites excluding steroid dienone is 1. The Balaban J connectivity index is 1.67. The quantitative estimate of drug-likeness (QED) is 0.868. The molecule has 0 amide bonds. The SMILES string of the molecule is CC(C)=CCN1C[C@@H]2CC[C@H]1CN(Cc1cccnc1N)C2. The van der Waals surface area contributed by atoms with Gasteiger partial charge in [-0.2, -0.15) is 0 Å². The summed E-state index contributed by atoms with van der Waals surface area (Å²) in [6.45, 7) is 10.0. The van der Waals surface area contributed by atoms with Gasteiger partial charge in [-0.1, -0.05) is 17.7 Å². The van der Waals surface area contributed by atoms with E-state index < -0.39 is 0 Å². The fraction of sp³-hybridized carbons (Fsp3) is 0.611. The number of nitrogen functional groups attached to an aromatic ring is 1. The zero-order chi connectivity index (χ0) is 15.5. The van der Waals surface area contributed by atoms with Crippen molar-refractivity contribution in [2.45, 2.75) is 39.3 Å². The van der Waals surface area contributed by atoms with E-state index in [1.54, 1.807) is 6.20 Å². The van der Waals surface area contributed by atoms with E-state index >= 15 is 0 Å². The number of hydrogen-bond donors (Lipinski definition) is 1. The molecule has 3 aliphatic heterocycles. The summed E-state index contributed by atoms with van der Waals surface area (Å²) in [6.07, 6.45) is 6.84. The average molecular weight is 300 g/mol. The van der Waals surface area contributed by atoms with E-state index in [-0.39, 0.29) is 0 Å². The zero-order valence-electron chi connectivity index (χ0n) is 13.8. The first-order chi connectivity index (χ1) is 10.6. The highest BCUT2D eigenvalue weighted by atomic mass is 15.3. The van der Waals surface area contributed by atoms with Crippen molar-refractivity contribution < 1.29 is 0 Å². The van der Waals surface area contributed by atoms with Crippen LogP contribution in [0.5, 0.6) is 0 Å². The van der Waals surface area contributed by atoms with Gasteiger partial charge in [0.25, 0.3) is 0 Å². The van der Waals surface area contributed by atoms with Gasteiger partial charge in [0, 0.05) is 50.5 Å². The fourth-order valence-electron chi connectivity index (χ4n) is 3.75. The van der Waals surface area contributed by atoms with Crippen molar-refractivity contribution in [3.8, 4) is 0 Å². The molecule has 0 aliphatic carbocycles. The molecule has 2 bridgehead atoms. The lowest BCUT2D eigenvalue weighted by Gasteiger charge is -2.35. The number of anilines is 1. The average Bonchev–Trinajstić information content (AvgIpc) is 2.78. The van der Waals surface area contributed by atoms with Crippen molar-refractivity contribution in [3.63, 3.8) is 0 Å². The maximum absolute atomic E-state index is 6.01.